The van der Waals surface area contributed by atoms with Crippen LogP contribution in [-0.4, -0.2) is 50.2 Å². The first-order chi connectivity index (χ1) is 11.5. The Morgan fingerprint density at radius 3 is 2.44 bits per heavy atom. The predicted molar refractivity (Wildman–Crippen MR) is 97.3 cm³/mol. The molecule has 1 rings (SSSR count). The highest BCUT2D eigenvalue weighted by molar-refractivity contribution is 7.56. The first kappa shape index (κ1) is 23.1. The molecule has 0 heterocycles. The monoisotopic (exact) mass is 398 g/mol. The van der Waals surface area contributed by atoms with E-state index in [0.29, 0.717) is 12.8 Å². The van der Waals surface area contributed by atoms with Crippen LogP contribution in [0, 0.1) is 5.92 Å². The van der Waals surface area contributed by atoms with Crippen molar-refractivity contribution in [2.75, 3.05) is 14.2 Å². The quantitative estimate of drug-likeness (QED) is 0.427. The SMILES string of the molecule is B[C@H]1C[C@H](/C=C/P(=O)(O)OC)[C@@H](OP(=O)(O)OC(C)CCC)[C@H]1OC. The highest BCUT2D eigenvalue weighted by Gasteiger charge is 2.45. The van der Waals surface area contributed by atoms with Crippen molar-refractivity contribution >= 4 is 23.3 Å². The first-order valence-corrected chi connectivity index (χ1v) is 11.5. The molecule has 0 aromatic carbocycles. The summed E-state index contributed by atoms with van der Waals surface area (Å²) >= 11 is 0. The molecular formula is C14H29BO8P2. The second-order valence-electron chi connectivity index (χ2n) is 6.41. The third-order valence-corrected chi connectivity index (χ3v) is 6.48. The van der Waals surface area contributed by atoms with E-state index in [0.717, 1.165) is 19.3 Å². The average Bonchev–Trinajstić information content (AvgIpc) is 2.79. The summed E-state index contributed by atoms with van der Waals surface area (Å²) in [7, 11) is -3.55. The van der Waals surface area contributed by atoms with Gasteiger partial charge in [0.1, 0.15) is 14.0 Å². The van der Waals surface area contributed by atoms with Gasteiger partial charge in [-0.1, -0.05) is 19.4 Å². The molecule has 1 fully saturated rings. The van der Waals surface area contributed by atoms with Crippen LogP contribution < -0.4 is 0 Å². The fraction of sp³-hybridized carbons (Fsp3) is 0.857. The van der Waals surface area contributed by atoms with E-state index in [9.17, 15) is 18.9 Å². The summed E-state index contributed by atoms with van der Waals surface area (Å²) in [5.41, 5.74) is 0. The van der Waals surface area contributed by atoms with Gasteiger partial charge in [0.25, 0.3) is 0 Å². The topological polar surface area (TPSA) is 112 Å². The van der Waals surface area contributed by atoms with E-state index in [-0.39, 0.29) is 11.7 Å². The Kier molecular flexibility index (Phi) is 9.05. The Bertz CT molecular complexity index is 543. The van der Waals surface area contributed by atoms with E-state index < -0.39 is 33.7 Å². The minimum Gasteiger partial charge on any atom is -0.379 e. The fourth-order valence-electron chi connectivity index (χ4n) is 3.10. The van der Waals surface area contributed by atoms with Crippen molar-refractivity contribution in [3.05, 3.63) is 11.9 Å². The highest BCUT2D eigenvalue weighted by Crippen LogP contribution is 2.52. The molecule has 146 valence electrons. The van der Waals surface area contributed by atoms with Crippen LogP contribution in [0.2, 0.25) is 5.82 Å². The van der Waals surface area contributed by atoms with Crippen LogP contribution in [0.4, 0.5) is 0 Å². The zero-order chi connectivity index (χ0) is 19.3. The van der Waals surface area contributed by atoms with E-state index in [1.807, 2.05) is 14.8 Å². The van der Waals surface area contributed by atoms with Crippen LogP contribution in [0.25, 0.3) is 0 Å². The molecule has 0 bridgehead atoms. The summed E-state index contributed by atoms with van der Waals surface area (Å²) in [5.74, 6) is 0.737. The molecule has 0 radical (unpaired) electrons. The van der Waals surface area contributed by atoms with Gasteiger partial charge < -0.3 is 19.0 Å². The predicted octanol–water partition coefficient (Wildman–Crippen LogP) is 2.48. The Hall–Kier alpha value is 0.0249. The molecule has 11 heteroatoms. The standard InChI is InChI=1S/C14H29BO8P2/c1-5-6-10(2)22-25(18,19)23-13-11(7-8-24(16,17)21-4)9-12(15)14(13)20-3/h7-8,10-14H,5-6,9,15H2,1-4H3,(H,16,17)(H,18,19)/b8-7+/t10?,11-,12-,13+,14-/m0/s1. The normalized spacial score (nSPS) is 33.2. The molecule has 25 heavy (non-hydrogen) atoms. The Balaban J connectivity index is 2.92. The van der Waals surface area contributed by atoms with Crippen molar-refractivity contribution in [1.82, 2.24) is 0 Å². The number of ether oxygens (including phenoxy) is 1. The fourth-order valence-corrected chi connectivity index (χ4v) is 4.86. The van der Waals surface area contributed by atoms with E-state index >= 15 is 0 Å². The molecule has 0 aliphatic heterocycles. The van der Waals surface area contributed by atoms with Gasteiger partial charge in [-0.25, -0.2) is 4.57 Å². The van der Waals surface area contributed by atoms with Crippen molar-refractivity contribution < 1.29 is 37.2 Å². The van der Waals surface area contributed by atoms with Gasteiger partial charge in [-0.2, -0.15) is 0 Å². The van der Waals surface area contributed by atoms with Crippen LogP contribution >= 0.6 is 15.4 Å². The minimum absolute atomic E-state index is 0.0401. The lowest BCUT2D eigenvalue weighted by Gasteiger charge is -2.27. The van der Waals surface area contributed by atoms with Gasteiger partial charge in [-0.3, -0.25) is 13.6 Å². The smallest absolute Gasteiger partial charge is 0.379 e. The maximum Gasteiger partial charge on any atom is 0.472 e. The lowest BCUT2D eigenvalue weighted by atomic mass is 9.83. The molecule has 8 nitrogen and oxygen atoms in total. The van der Waals surface area contributed by atoms with Gasteiger partial charge in [0.05, 0.1) is 12.2 Å². The number of hydrogen-bond acceptors (Lipinski definition) is 6. The summed E-state index contributed by atoms with van der Waals surface area (Å²) in [6, 6.07) is 0. The molecule has 0 spiro atoms. The van der Waals surface area contributed by atoms with Gasteiger partial charge in [-0.05, 0) is 25.6 Å². The van der Waals surface area contributed by atoms with Crippen molar-refractivity contribution in [3.8, 4) is 0 Å². The van der Waals surface area contributed by atoms with E-state index in [2.05, 4.69) is 4.52 Å². The number of hydrogen-bond donors (Lipinski definition) is 2. The van der Waals surface area contributed by atoms with E-state index in [1.54, 1.807) is 6.92 Å². The van der Waals surface area contributed by atoms with Crippen LogP contribution in [0.5, 0.6) is 0 Å². The molecule has 1 aliphatic carbocycles. The molecule has 0 amide bonds. The van der Waals surface area contributed by atoms with Gasteiger partial charge in [0.15, 0.2) is 0 Å². The molecule has 0 aromatic rings. The summed E-state index contributed by atoms with van der Waals surface area (Å²) in [6.45, 7) is 3.66. The summed E-state index contributed by atoms with van der Waals surface area (Å²) in [4.78, 5) is 19.6. The first-order valence-electron chi connectivity index (χ1n) is 8.35. The van der Waals surface area contributed by atoms with Gasteiger partial charge in [0, 0.05) is 26.0 Å². The van der Waals surface area contributed by atoms with E-state index in [1.165, 1.54) is 13.2 Å². The van der Waals surface area contributed by atoms with Gasteiger partial charge in [-0.15, -0.1) is 0 Å². The molecule has 1 aliphatic rings. The van der Waals surface area contributed by atoms with E-state index in [4.69, 9.17) is 13.8 Å². The number of methoxy groups -OCH3 is 1. The van der Waals surface area contributed by atoms with Crippen LogP contribution in [0.1, 0.15) is 33.1 Å². The minimum atomic E-state index is -4.29. The number of phosphoric acid groups is 1. The molecule has 0 saturated heterocycles. The summed E-state index contributed by atoms with van der Waals surface area (Å²) in [5, 5.41) is 0. The molecule has 3 unspecified atom stereocenters. The molecular weight excluding hydrogens is 369 g/mol. The van der Waals surface area contributed by atoms with Crippen LogP contribution in [0.3, 0.4) is 0 Å². The number of phosphoric ester groups is 1. The zero-order valence-corrected chi connectivity index (χ0v) is 17.2. The van der Waals surface area contributed by atoms with Crippen molar-refractivity contribution in [2.24, 2.45) is 5.92 Å². The maximum absolute atomic E-state index is 12.3. The Morgan fingerprint density at radius 1 is 1.28 bits per heavy atom. The molecule has 7 atom stereocenters. The van der Waals surface area contributed by atoms with Gasteiger partial charge in [0.2, 0.25) is 0 Å². The molecule has 0 aromatic heterocycles. The Morgan fingerprint density at radius 2 is 1.92 bits per heavy atom. The maximum atomic E-state index is 12.3. The highest BCUT2D eigenvalue weighted by atomic mass is 31.2. The van der Waals surface area contributed by atoms with Crippen LogP contribution in [-0.2, 0) is 27.4 Å². The molecule has 1 saturated carbocycles. The van der Waals surface area contributed by atoms with Gasteiger partial charge >= 0.3 is 15.4 Å². The summed E-state index contributed by atoms with van der Waals surface area (Å²) in [6.07, 6.45) is 1.90. The zero-order valence-electron chi connectivity index (χ0n) is 15.4. The molecule has 2 N–H and O–H groups in total. The second-order valence-corrected chi connectivity index (χ2v) is 9.56. The lowest BCUT2D eigenvalue weighted by molar-refractivity contribution is -0.0119. The summed E-state index contributed by atoms with van der Waals surface area (Å²) < 4.78 is 44.5. The van der Waals surface area contributed by atoms with Crippen molar-refractivity contribution in [3.63, 3.8) is 0 Å². The second kappa shape index (κ2) is 9.81. The lowest BCUT2D eigenvalue weighted by Crippen LogP contribution is -2.31. The largest absolute Gasteiger partial charge is 0.472 e. The average molecular weight is 398 g/mol. The third-order valence-electron chi connectivity index (χ3n) is 4.27. The Labute approximate surface area is 150 Å². The third kappa shape index (κ3) is 7.27. The number of rotatable bonds is 10. The van der Waals surface area contributed by atoms with Crippen molar-refractivity contribution in [2.45, 2.75) is 57.2 Å². The van der Waals surface area contributed by atoms with Crippen molar-refractivity contribution in [1.29, 1.82) is 0 Å². The van der Waals surface area contributed by atoms with Crippen LogP contribution in [0.15, 0.2) is 11.9 Å².